The maximum absolute atomic E-state index is 11.8. The minimum absolute atomic E-state index is 0.121. The average Bonchev–Trinajstić information content (AvgIpc) is 2.91. The SMILES string of the molecule is CC(O)(CNC(=O)Nc1cccc(Cl)c1)c1ccsc1. The summed E-state index contributed by atoms with van der Waals surface area (Å²) in [5, 5.41) is 19.9. The number of aliphatic hydroxyl groups is 1. The summed E-state index contributed by atoms with van der Waals surface area (Å²) in [6.45, 7) is 1.78. The number of anilines is 1. The van der Waals surface area contributed by atoms with Gasteiger partial charge in [-0.1, -0.05) is 17.7 Å². The van der Waals surface area contributed by atoms with Gasteiger partial charge in [0.25, 0.3) is 0 Å². The van der Waals surface area contributed by atoms with Gasteiger partial charge in [0.2, 0.25) is 0 Å². The highest BCUT2D eigenvalue weighted by molar-refractivity contribution is 7.08. The molecule has 6 heteroatoms. The molecular formula is C14H15ClN2O2S. The van der Waals surface area contributed by atoms with Crippen molar-refractivity contribution in [3.63, 3.8) is 0 Å². The Labute approximate surface area is 126 Å². The number of urea groups is 1. The summed E-state index contributed by atoms with van der Waals surface area (Å²) >= 11 is 7.34. The van der Waals surface area contributed by atoms with Crippen molar-refractivity contribution >= 4 is 34.7 Å². The van der Waals surface area contributed by atoms with E-state index in [0.717, 1.165) is 5.56 Å². The van der Waals surface area contributed by atoms with Crippen LogP contribution in [0.1, 0.15) is 12.5 Å². The largest absolute Gasteiger partial charge is 0.384 e. The molecule has 1 unspecified atom stereocenters. The summed E-state index contributed by atoms with van der Waals surface area (Å²) in [4.78, 5) is 11.8. The molecule has 0 saturated carbocycles. The molecule has 1 heterocycles. The van der Waals surface area contributed by atoms with E-state index in [1.165, 1.54) is 11.3 Å². The molecule has 1 aromatic carbocycles. The van der Waals surface area contributed by atoms with E-state index in [-0.39, 0.29) is 12.6 Å². The quantitative estimate of drug-likeness (QED) is 0.810. The fraction of sp³-hybridized carbons (Fsp3) is 0.214. The smallest absolute Gasteiger partial charge is 0.319 e. The molecule has 0 bridgehead atoms. The van der Waals surface area contributed by atoms with E-state index in [1.807, 2.05) is 16.8 Å². The maximum atomic E-state index is 11.8. The van der Waals surface area contributed by atoms with Gasteiger partial charge in [-0.05, 0) is 47.5 Å². The molecule has 3 N–H and O–H groups in total. The van der Waals surface area contributed by atoms with Crippen LogP contribution >= 0.6 is 22.9 Å². The number of carbonyl (C=O) groups is 1. The monoisotopic (exact) mass is 310 g/mol. The molecule has 2 aromatic rings. The predicted octanol–water partition coefficient (Wildman–Crippen LogP) is 3.43. The molecule has 4 nitrogen and oxygen atoms in total. The molecule has 1 aromatic heterocycles. The van der Waals surface area contributed by atoms with Crippen molar-refractivity contribution in [2.24, 2.45) is 0 Å². The van der Waals surface area contributed by atoms with Gasteiger partial charge in [-0.25, -0.2) is 4.79 Å². The van der Waals surface area contributed by atoms with Gasteiger partial charge in [0.15, 0.2) is 0 Å². The summed E-state index contributed by atoms with van der Waals surface area (Å²) < 4.78 is 0. The van der Waals surface area contributed by atoms with E-state index < -0.39 is 5.60 Å². The van der Waals surface area contributed by atoms with E-state index >= 15 is 0 Å². The van der Waals surface area contributed by atoms with Crippen LogP contribution in [-0.2, 0) is 5.60 Å². The summed E-state index contributed by atoms with van der Waals surface area (Å²) in [7, 11) is 0. The van der Waals surface area contributed by atoms with Crippen molar-refractivity contribution in [2.75, 3.05) is 11.9 Å². The number of nitrogens with one attached hydrogen (secondary N) is 2. The Kier molecular flexibility index (Phi) is 4.65. The molecule has 2 rings (SSSR count). The highest BCUT2D eigenvalue weighted by Crippen LogP contribution is 2.22. The Morgan fingerprint density at radius 3 is 2.90 bits per heavy atom. The fourth-order valence-electron chi connectivity index (χ4n) is 1.67. The Morgan fingerprint density at radius 1 is 1.45 bits per heavy atom. The lowest BCUT2D eigenvalue weighted by atomic mass is 9.99. The van der Waals surface area contributed by atoms with Crippen LogP contribution in [0.2, 0.25) is 5.02 Å². The van der Waals surface area contributed by atoms with E-state index in [4.69, 9.17) is 11.6 Å². The van der Waals surface area contributed by atoms with Crippen molar-refractivity contribution in [3.05, 3.63) is 51.7 Å². The van der Waals surface area contributed by atoms with Crippen LogP contribution in [0.4, 0.5) is 10.5 Å². The van der Waals surface area contributed by atoms with Crippen LogP contribution in [0, 0.1) is 0 Å². The first-order chi connectivity index (χ1) is 9.47. The lowest BCUT2D eigenvalue weighted by molar-refractivity contribution is 0.0604. The van der Waals surface area contributed by atoms with Crippen LogP contribution < -0.4 is 10.6 Å². The van der Waals surface area contributed by atoms with Crippen LogP contribution in [-0.4, -0.2) is 17.7 Å². The van der Waals surface area contributed by atoms with Gasteiger partial charge in [-0.2, -0.15) is 11.3 Å². The van der Waals surface area contributed by atoms with Crippen molar-refractivity contribution in [2.45, 2.75) is 12.5 Å². The first-order valence-corrected chi connectivity index (χ1v) is 7.35. The van der Waals surface area contributed by atoms with Gasteiger partial charge in [0, 0.05) is 10.7 Å². The average molecular weight is 311 g/mol. The number of hydrogen-bond acceptors (Lipinski definition) is 3. The van der Waals surface area contributed by atoms with E-state index in [0.29, 0.717) is 10.7 Å². The summed E-state index contributed by atoms with van der Waals surface area (Å²) in [5.74, 6) is 0. The molecular weight excluding hydrogens is 296 g/mol. The topological polar surface area (TPSA) is 61.4 Å². The minimum Gasteiger partial charge on any atom is -0.384 e. The lowest BCUT2D eigenvalue weighted by Crippen LogP contribution is -2.40. The summed E-state index contributed by atoms with van der Waals surface area (Å²) in [6.07, 6.45) is 0. The van der Waals surface area contributed by atoms with E-state index in [2.05, 4.69) is 10.6 Å². The van der Waals surface area contributed by atoms with Crippen LogP contribution in [0.5, 0.6) is 0 Å². The molecule has 0 aliphatic heterocycles. The van der Waals surface area contributed by atoms with Gasteiger partial charge in [-0.3, -0.25) is 0 Å². The molecule has 2 amide bonds. The molecule has 20 heavy (non-hydrogen) atoms. The summed E-state index contributed by atoms with van der Waals surface area (Å²) in [6, 6.07) is 8.32. The Balaban J connectivity index is 1.89. The molecule has 0 radical (unpaired) electrons. The second kappa shape index (κ2) is 6.26. The molecule has 0 aliphatic rings. The number of carbonyl (C=O) groups excluding carboxylic acids is 1. The van der Waals surface area contributed by atoms with E-state index in [9.17, 15) is 9.90 Å². The number of rotatable bonds is 4. The van der Waals surface area contributed by atoms with Gasteiger partial charge < -0.3 is 15.7 Å². The number of halogens is 1. The van der Waals surface area contributed by atoms with E-state index in [1.54, 1.807) is 31.2 Å². The molecule has 1 atom stereocenters. The molecule has 0 aliphatic carbocycles. The van der Waals surface area contributed by atoms with Gasteiger partial charge in [-0.15, -0.1) is 0 Å². The molecule has 106 valence electrons. The van der Waals surface area contributed by atoms with Crippen molar-refractivity contribution in [1.29, 1.82) is 0 Å². The first-order valence-electron chi connectivity index (χ1n) is 6.03. The minimum atomic E-state index is -1.09. The number of amides is 2. The molecule has 0 spiro atoms. The zero-order valence-electron chi connectivity index (χ0n) is 10.9. The number of hydrogen-bond donors (Lipinski definition) is 3. The fourth-order valence-corrected chi connectivity index (χ4v) is 2.64. The van der Waals surface area contributed by atoms with Crippen LogP contribution in [0.3, 0.4) is 0 Å². The van der Waals surface area contributed by atoms with Gasteiger partial charge in [0.1, 0.15) is 5.60 Å². The number of thiophene rings is 1. The Hall–Kier alpha value is -1.56. The Morgan fingerprint density at radius 2 is 2.25 bits per heavy atom. The third kappa shape index (κ3) is 3.96. The standard InChI is InChI=1S/C14H15ClN2O2S/c1-14(19,10-5-6-20-8-10)9-16-13(18)17-12-4-2-3-11(15)7-12/h2-8,19H,9H2,1H3,(H2,16,17,18). The van der Waals surface area contributed by atoms with Crippen molar-refractivity contribution in [3.8, 4) is 0 Å². The zero-order valence-corrected chi connectivity index (χ0v) is 12.5. The highest BCUT2D eigenvalue weighted by Gasteiger charge is 2.24. The summed E-state index contributed by atoms with van der Waals surface area (Å²) in [5.41, 5.74) is 0.293. The predicted molar refractivity (Wildman–Crippen MR) is 82.4 cm³/mol. The van der Waals surface area contributed by atoms with Crippen LogP contribution in [0.15, 0.2) is 41.1 Å². The van der Waals surface area contributed by atoms with Gasteiger partial charge >= 0.3 is 6.03 Å². The molecule has 0 saturated heterocycles. The zero-order chi connectivity index (χ0) is 14.6. The van der Waals surface area contributed by atoms with Crippen LogP contribution in [0.25, 0.3) is 0 Å². The first kappa shape index (κ1) is 14.8. The number of benzene rings is 1. The normalized spacial score (nSPS) is 13.6. The highest BCUT2D eigenvalue weighted by atomic mass is 35.5. The third-order valence-corrected chi connectivity index (χ3v) is 3.74. The third-order valence-electron chi connectivity index (χ3n) is 2.82. The second-order valence-corrected chi connectivity index (χ2v) is 5.82. The maximum Gasteiger partial charge on any atom is 0.319 e. The second-order valence-electron chi connectivity index (χ2n) is 4.60. The Bertz CT molecular complexity index is 585. The van der Waals surface area contributed by atoms with Crippen molar-refractivity contribution in [1.82, 2.24) is 5.32 Å². The lowest BCUT2D eigenvalue weighted by Gasteiger charge is -2.22. The van der Waals surface area contributed by atoms with Gasteiger partial charge in [0.05, 0.1) is 6.54 Å². The molecule has 0 fully saturated rings. The van der Waals surface area contributed by atoms with Crippen molar-refractivity contribution < 1.29 is 9.90 Å².